The first-order chi connectivity index (χ1) is 10.1. The van der Waals surface area contributed by atoms with Crippen molar-refractivity contribution < 1.29 is 9.53 Å². The molecule has 0 saturated carbocycles. The van der Waals surface area contributed by atoms with Crippen molar-refractivity contribution in [1.82, 2.24) is 10.2 Å². The number of nitrogens with zero attached hydrogens (tertiary/aromatic N) is 1. The summed E-state index contributed by atoms with van der Waals surface area (Å²) in [6.45, 7) is 14.3. The van der Waals surface area contributed by atoms with Crippen LogP contribution < -0.4 is 5.32 Å². The topological polar surface area (TPSA) is 41.6 Å². The highest BCUT2D eigenvalue weighted by molar-refractivity contribution is 7.98. The highest BCUT2D eigenvalue weighted by Crippen LogP contribution is 2.17. The van der Waals surface area contributed by atoms with Gasteiger partial charge in [0.1, 0.15) is 5.60 Å². The lowest BCUT2D eigenvalue weighted by molar-refractivity contribution is 0.00666. The van der Waals surface area contributed by atoms with Gasteiger partial charge in [-0.2, -0.15) is 11.8 Å². The van der Waals surface area contributed by atoms with Gasteiger partial charge in [0, 0.05) is 18.6 Å². The lowest BCUT2D eigenvalue weighted by Gasteiger charge is -2.36. The molecule has 0 aliphatic rings. The predicted molar refractivity (Wildman–Crippen MR) is 97.8 cm³/mol. The van der Waals surface area contributed by atoms with Gasteiger partial charge in [0.2, 0.25) is 0 Å². The van der Waals surface area contributed by atoms with E-state index < -0.39 is 5.60 Å². The molecule has 0 aliphatic carbocycles. The van der Waals surface area contributed by atoms with Crippen LogP contribution in [0.4, 0.5) is 4.79 Å². The number of hydrogen-bond donors (Lipinski definition) is 1. The summed E-state index contributed by atoms with van der Waals surface area (Å²) in [5.41, 5.74) is -0.687. The van der Waals surface area contributed by atoms with Gasteiger partial charge < -0.3 is 15.0 Å². The molecule has 4 nitrogen and oxygen atoms in total. The minimum Gasteiger partial charge on any atom is -0.444 e. The van der Waals surface area contributed by atoms with Gasteiger partial charge in [0.25, 0.3) is 0 Å². The Kier molecular flexibility index (Phi) is 10.2. The summed E-state index contributed by atoms with van der Waals surface area (Å²) < 4.78 is 5.51. The number of unbranched alkanes of at least 4 members (excludes halogenated alkanes) is 2. The van der Waals surface area contributed by atoms with E-state index in [2.05, 4.69) is 11.6 Å². The molecule has 0 heterocycles. The molecule has 0 spiro atoms. The second-order valence-corrected chi connectivity index (χ2v) is 8.59. The number of ether oxygens (including phenoxy) is 1. The van der Waals surface area contributed by atoms with Crippen molar-refractivity contribution in [1.29, 1.82) is 0 Å². The summed E-state index contributed by atoms with van der Waals surface area (Å²) in [6.07, 6.45) is 5.66. The van der Waals surface area contributed by atoms with E-state index in [1.165, 1.54) is 25.0 Å². The summed E-state index contributed by atoms with van der Waals surface area (Å²) in [5.74, 6) is 1.25. The highest BCUT2D eigenvalue weighted by atomic mass is 32.2. The molecule has 0 atom stereocenters. The van der Waals surface area contributed by atoms with Crippen LogP contribution >= 0.6 is 11.8 Å². The molecule has 0 rings (SSSR count). The molecule has 5 heteroatoms. The Morgan fingerprint density at radius 2 is 1.68 bits per heavy atom. The minimum absolute atomic E-state index is 0.234. The maximum atomic E-state index is 12.3. The Balaban J connectivity index is 4.10. The fourth-order valence-electron chi connectivity index (χ4n) is 2.01. The lowest BCUT2D eigenvalue weighted by atomic mass is 10.1. The molecule has 0 aromatic rings. The van der Waals surface area contributed by atoms with Gasteiger partial charge in [0.15, 0.2) is 0 Å². The van der Waals surface area contributed by atoms with Gasteiger partial charge in [-0.1, -0.05) is 6.42 Å². The molecule has 0 bridgehead atoms. The van der Waals surface area contributed by atoms with Crippen molar-refractivity contribution in [3.8, 4) is 0 Å². The largest absolute Gasteiger partial charge is 0.444 e. The smallest absolute Gasteiger partial charge is 0.410 e. The fourth-order valence-corrected chi connectivity index (χ4v) is 2.50. The number of nitrogens with one attached hydrogen (secondary N) is 1. The zero-order chi connectivity index (χ0) is 17.2. The van der Waals surface area contributed by atoms with Crippen LogP contribution in [0.5, 0.6) is 0 Å². The number of amides is 1. The second-order valence-electron chi connectivity index (χ2n) is 7.61. The number of rotatable bonds is 9. The van der Waals surface area contributed by atoms with Crippen LogP contribution in [-0.2, 0) is 4.74 Å². The predicted octanol–water partition coefficient (Wildman–Crippen LogP) is 4.14. The van der Waals surface area contributed by atoms with Gasteiger partial charge in [-0.05, 0) is 72.9 Å². The molecule has 22 heavy (non-hydrogen) atoms. The molecular formula is C17H36N2O2S. The lowest BCUT2D eigenvalue weighted by Crippen LogP contribution is -2.50. The average Bonchev–Trinajstić information content (AvgIpc) is 2.33. The Labute approximate surface area is 141 Å². The zero-order valence-corrected chi connectivity index (χ0v) is 16.4. The molecule has 0 aromatic carbocycles. The van der Waals surface area contributed by atoms with Crippen molar-refractivity contribution in [3.05, 3.63) is 0 Å². The Morgan fingerprint density at radius 1 is 1.05 bits per heavy atom. The summed E-state index contributed by atoms with van der Waals surface area (Å²) in [5, 5.41) is 3.43. The van der Waals surface area contributed by atoms with Crippen molar-refractivity contribution >= 4 is 17.9 Å². The van der Waals surface area contributed by atoms with Crippen LogP contribution in [0.3, 0.4) is 0 Å². The number of hydrogen-bond acceptors (Lipinski definition) is 4. The van der Waals surface area contributed by atoms with E-state index >= 15 is 0 Å². The maximum Gasteiger partial charge on any atom is 0.410 e. The average molecular weight is 333 g/mol. The second kappa shape index (κ2) is 10.4. The van der Waals surface area contributed by atoms with E-state index in [9.17, 15) is 4.79 Å². The van der Waals surface area contributed by atoms with Crippen molar-refractivity contribution in [2.75, 3.05) is 31.6 Å². The Morgan fingerprint density at radius 3 is 2.18 bits per heavy atom. The Hall–Kier alpha value is -0.420. The van der Waals surface area contributed by atoms with Gasteiger partial charge in [0.05, 0.1) is 0 Å². The fraction of sp³-hybridized carbons (Fsp3) is 0.941. The first kappa shape index (κ1) is 21.6. The molecule has 0 fully saturated rings. The summed E-state index contributed by atoms with van der Waals surface area (Å²) >= 11 is 1.91. The van der Waals surface area contributed by atoms with Crippen molar-refractivity contribution in [3.63, 3.8) is 0 Å². The van der Waals surface area contributed by atoms with Gasteiger partial charge >= 0.3 is 6.09 Å². The van der Waals surface area contributed by atoms with E-state index in [-0.39, 0.29) is 11.6 Å². The molecular weight excluding hydrogens is 296 g/mol. The first-order valence-corrected chi connectivity index (χ1v) is 9.67. The summed E-state index contributed by atoms with van der Waals surface area (Å²) in [4.78, 5) is 14.1. The standard InChI is InChI=1S/C17H36N2O2S/c1-16(2,3)19(15(20)21-17(4,5)6)13-12-18-11-9-8-10-14-22-7/h18H,8-14H2,1-7H3. The molecule has 132 valence electrons. The van der Waals surface area contributed by atoms with E-state index in [1.807, 2.05) is 53.3 Å². The van der Waals surface area contributed by atoms with E-state index in [0.717, 1.165) is 13.1 Å². The third kappa shape index (κ3) is 11.2. The zero-order valence-electron chi connectivity index (χ0n) is 15.6. The molecule has 0 aliphatic heterocycles. The Bertz CT molecular complexity index is 309. The molecule has 1 amide bonds. The minimum atomic E-state index is -0.453. The van der Waals surface area contributed by atoms with Gasteiger partial charge in [-0.3, -0.25) is 0 Å². The van der Waals surface area contributed by atoms with Crippen LogP contribution in [0.15, 0.2) is 0 Å². The third-order valence-corrected chi connectivity index (χ3v) is 3.83. The summed E-state index contributed by atoms with van der Waals surface area (Å²) in [7, 11) is 0. The monoisotopic (exact) mass is 332 g/mol. The van der Waals surface area contributed by atoms with E-state index in [0.29, 0.717) is 6.54 Å². The van der Waals surface area contributed by atoms with Crippen LogP contribution in [0.25, 0.3) is 0 Å². The van der Waals surface area contributed by atoms with Crippen LogP contribution in [0.1, 0.15) is 60.8 Å². The number of carbonyl (C=O) groups excluding carboxylic acids is 1. The molecule has 0 saturated heterocycles. The van der Waals surface area contributed by atoms with Crippen LogP contribution in [0.2, 0.25) is 0 Å². The van der Waals surface area contributed by atoms with E-state index in [1.54, 1.807) is 4.90 Å². The highest BCUT2D eigenvalue weighted by Gasteiger charge is 2.30. The van der Waals surface area contributed by atoms with Crippen LogP contribution in [-0.4, -0.2) is 53.8 Å². The SMILES string of the molecule is CSCCCCCNCCN(C(=O)OC(C)(C)C)C(C)(C)C. The normalized spacial score (nSPS) is 12.3. The molecule has 0 unspecified atom stereocenters. The van der Waals surface area contributed by atoms with E-state index in [4.69, 9.17) is 4.74 Å². The molecule has 0 radical (unpaired) electrons. The maximum absolute atomic E-state index is 12.3. The van der Waals surface area contributed by atoms with Crippen molar-refractivity contribution in [2.45, 2.75) is 71.9 Å². The van der Waals surface area contributed by atoms with Crippen molar-refractivity contribution in [2.24, 2.45) is 0 Å². The van der Waals surface area contributed by atoms with Crippen LogP contribution in [0, 0.1) is 0 Å². The summed E-state index contributed by atoms with van der Waals surface area (Å²) in [6, 6.07) is 0. The molecule has 0 aromatic heterocycles. The number of thioether (sulfide) groups is 1. The molecule has 1 N–H and O–H groups in total. The number of carbonyl (C=O) groups is 1. The quantitative estimate of drug-likeness (QED) is 0.644. The first-order valence-electron chi connectivity index (χ1n) is 8.28. The van der Waals surface area contributed by atoms with Gasteiger partial charge in [-0.25, -0.2) is 4.79 Å². The van der Waals surface area contributed by atoms with Gasteiger partial charge in [-0.15, -0.1) is 0 Å². The third-order valence-electron chi connectivity index (χ3n) is 3.14.